The number of hydrogen-bond acceptors (Lipinski definition) is 7. The number of H-pyrrole nitrogens is 1. The molecule has 0 radical (unpaired) electrons. The first-order valence-electron chi connectivity index (χ1n) is 9.78. The van der Waals surface area contributed by atoms with Crippen LogP contribution in [0.3, 0.4) is 0 Å². The predicted molar refractivity (Wildman–Crippen MR) is 116 cm³/mol. The predicted octanol–water partition coefficient (Wildman–Crippen LogP) is 2.25. The second-order valence-corrected chi connectivity index (χ2v) is 10.1. The first-order valence-corrected chi connectivity index (χ1v) is 12.1. The van der Waals surface area contributed by atoms with Gasteiger partial charge in [0.15, 0.2) is 5.76 Å². The van der Waals surface area contributed by atoms with Crippen LogP contribution in [-0.2, 0) is 10.0 Å². The number of aromatic amines is 1. The van der Waals surface area contributed by atoms with Crippen LogP contribution < -0.4 is 5.56 Å². The highest BCUT2D eigenvalue weighted by Gasteiger charge is 2.33. The Morgan fingerprint density at radius 2 is 1.97 bits per heavy atom. The standard InChI is InChI=1S/C20H22N4O5S2/c1-13-18(14(2)29-22-13)31(27,28)24-9-4-8-23(10-11-24)20(26)15-6-7-16(21-19(15)25)17-5-3-12-30-17/h3,5-7,12H,4,8-11H2,1-2H3,(H,21,25). The molecule has 1 aliphatic heterocycles. The Morgan fingerprint density at radius 1 is 1.16 bits per heavy atom. The number of carbonyl (C=O) groups excluding carboxylic acids is 1. The topological polar surface area (TPSA) is 117 Å². The van der Waals surface area contributed by atoms with Crippen LogP contribution in [0.1, 0.15) is 28.2 Å². The average Bonchev–Trinajstić information content (AvgIpc) is 3.30. The van der Waals surface area contributed by atoms with E-state index < -0.39 is 21.5 Å². The minimum absolute atomic E-state index is 0.0438. The maximum Gasteiger partial charge on any atom is 0.261 e. The van der Waals surface area contributed by atoms with E-state index in [2.05, 4.69) is 10.1 Å². The molecule has 0 bridgehead atoms. The molecular weight excluding hydrogens is 440 g/mol. The number of nitrogens with one attached hydrogen (secondary N) is 1. The summed E-state index contributed by atoms with van der Waals surface area (Å²) in [6.07, 6.45) is 0.458. The maximum absolute atomic E-state index is 13.1. The van der Waals surface area contributed by atoms with E-state index in [1.807, 2.05) is 17.5 Å². The van der Waals surface area contributed by atoms with E-state index in [1.165, 1.54) is 26.6 Å². The summed E-state index contributed by atoms with van der Waals surface area (Å²) >= 11 is 1.49. The zero-order chi connectivity index (χ0) is 22.2. The molecule has 0 aliphatic carbocycles. The number of aryl methyl sites for hydroxylation is 2. The highest BCUT2D eigenvalue weighted by Crippen LogP contribution is 2.25. The lowest BCUT2D eigenvalue weighted by atomic mass is 10.2. The summed E-state index contributed by atoms with van der Waals surface area (Å²) in [4.78, 5) is 30.8. The number of nitrogens with zero attached hydrogens (tertiary/aromatic N) is 3. The summed E-state index contributed by atoms with van der Waals surface area (Å²) < 4.78 is 32.5. The zero-order valence-corrected chi connectivity index (χ0v) is 18.8. The van der Waals surface area contributed by atoms with Crippen LogP contribution in [0.2, 0.25) is 0 Å². The second kappa shape index (κ2) is 8.40. The van der Waals surface area contributed by atoms with Crippen molar-refractivity contribution in [2.45, 2.75) is 25.2 Å². The summed E-state index contributed by atoms with van der Waals surface area (Å²) in [5.74, 6) is -0.164. The molecule has 11 heteroatoms. The monoisotopic (exact) mass is 462 g/mol. The van der Waals surface area contributed by atoms with Gasteiger partial charge in [-0.2, -0.15) is 4.31 Å². The molecule has 3 aromatic heterocycles. The third-order valence-electron chi connectivity index (χ3n) is 5.23. The van der Waals surface area contributed by atoms with Crippen molar-refractivity contribution in [3.8, 4) is 10.6 Å². The van der Waals surface area contributed by atoms with Gasteiger partial charge in [0.1, 0.15) is 16.2 Å². The Hall–Kier alpha value is -2.76. The lowest BCUT2D eigenvalue weighted by Crippen LogP contribution is -2.39. The van der Waals surface area contributed by atoms with Gasteiger partial charge < -0.3 is 14.4 Å². The van der Waals surface area contributed by atoms with Crippen molar-refractivity contribution in [2.24, 2.45) is 0 Å². The molecule has 0 aromatic carbocycles. The van der Waals surface area contributed by atoms with E-state index in [9.17, 15) is 18.0 Å². The summed E-state index contributed by atoms with van der Waals surface area (Å²) in [7, 11) is -3.78. The zero-order valence-electron chi connectivity index (χ0n) is 17.1. The minimum Gasteiger partial charge on any atom is -0.360 e. The van der Waals surface area contributed by atoms with Crippen LogP contribution in [0.5, 0.6) is 0 Å². The average molecular weight is 463 g/mol. The van der Waals surface area contributed by atoms with Gasteiger partial charge in [0.2, 0.25) is 10.0 Å². The van der Waals surface area contributed by atoms with Crippen molar-refractivity contribution < 1.29 is 17.7 Å². The first-order chi connectivity index (χ1) is 14.8. The van der Waals surface area contributed by atoms with Gasteiger partial charge in [-0.3, -0.25) is 9.59 Å². The molecule has 0 unspecified atom stereocenters. The molecule has 164 valence electrons. The number of pyridine rings is 1. The Balaban J connectivity index is 1.51. The number of hydrogen-bond donors (Lipinski definition) is 1. The Kier molecular flexibility index (Phi) is 5.82. The molecule has 31 heavy (non-hydrogen) atoms. The van der Waals surface area contributed by atoms with Crippen LogP contribution in [0.25, 0.3) is 10.6 Å². The number of amides is 1. The van der Waals surface area contributed by atoms with Crippen LogP contribution in [0, 0.1) is 13.8 Å². The molecular formula is C20H22N4O5S2. The third-order valence-corrected chi connectivity index (χ3v) is 8.28. The Bertz CT molecular complexity index is 1240. The van der Waals surface area contributed by atoms with Crippen molar-refractivity contribution >= 4 is 27.3 Å². The van der Waals surface area contributed by atoms with E-state index >= 15 is 0 Å². The Labute approximate surface area is 183 Å². The van der Waals surface area contributed by atoms with E-state index in [0.29, 0.717) is 24.4 Å². The van der Waals surface area contributed by atoms with Gasteiger partial charge in [0.25, 0.3) is 11.5 Å². The fourth-order valence-electron chi connectivity index (χ4n) is 3.70. The van der Waals surface area contributed by atoms with Crippen LogP contribution in [0.4, 0.5) is 0 Å². The van der Waals surface area contributed by atoms with Gasteiger partial charge in [-0.05, 0) is 43.8 Å². The van der Waals surface area contributed by atoms with E-state index in [4.69, 9.17) is 4.52 Å². The van der Waals surface area contributed by atoms with Crippen molar-refractivity contribution in [3.05, 3.63) is 57.0 Å². The van der Waals surface area contributed by atoms with Crippen molar-refractivity contribution in [3.63, 3.8) is 0 Å². The number of carbonyl (C=O) groups is 1. The Morgan fingerprint density at radius 3 is 2.61 bits per heavy atom. The number of rotatable bonds is 4. The van der Waals surface area contributed by atoms with Gasteiger partial charge >= 0.3 is 0 Å². The summed E-state index contributed by atoms with van der Waals surface area (Å²) in [6, 6.07) is 7.02. The van der Waals surface area contributed by atoms with Gasteiger partial charge in [-0.25, -0.2) is 8.42 Å². The summed E-state index contributed by atoms with van der Waals surface area (Å²) in [5, 5.41) is 5.64. The fraction of sp³-hybridized carbons (Fsp3) is 0.350. The summed E-state index contributed by atoms with van der Waals surface area (Å²) in [6.45, 7) is 4.09. The second-order valence-electron chi connectivity index (χ2n) is 7.30. The molecule has 1 N–H and O–H groups in total. The van der Waals surface area contributed by atoms with Crippen LogP contribution in [-0.4, -0.2) is 59.8 Å². The fourth-order valence-corrected chi connectivity index (χ4v) is 6.16. The SMILES string of the molecule is Cc1noc(C)c1S(=O)(=O)N1CCCN(C(=O)c2ccc(-c3cccs3)[nH]c2=O)CC1. The van der Waals surface area contributed by atoms with Crippen LogP contribution >= 0.6 is 11.3 Å². The molecule has 1 fully saturated rings. The maximum atomic E-state index is 13.1. The van der Waals surface area contributed by atoms with Gasteiger partial charge in [-0.15, -0.1) is 11.3 Å². The molecule has 0 atom stereocenters. The molecule has 4 rings (SSSR count). The normalized spacial score (nSPS) is 15.7. The lowest BCUT2D eigenvalue weighted by molar-refractivity contribution is 0.0762. The van der Waals surface area contributed by atoms with Crippen molar-refractivity contribution in [1.29, 1.82) is 0 Å². The van der Waals surface area contributed by atoms with E-state index in [1.54, 1.807) is 19.9 Å². The smallest absolute Gasteiger partial charge is 0.261 e. The molecule has 1 amide bonds. The molecule has 0 spiro atoms. The molecule has 9 nitrogen and oxygen atoms in total. The number of sulfonamides is 1. The van der Waals surface area contributed by atoms with E-state index in [0.717, 1.165) is 4.88 Å². The van der Waals surface area contributed by atoms with Crippen LogP contribution in [0.15, 0.2) is 43.9 Å². The minimum atomic E-state index is -3.78. The highest BCUT2D eigenvalue weighted by atomic mass is 32.2. The molecule has 0 saturated carbocycles. The summed E-state index contributed by atoms with van der Waals surface area (Å²) in [5.41, 5.74) is 0.555. The van der Waals surface area contributed by atoms with Crippen molar-refractivity contribution in [2.75, 3.05) is 26.2 Å². The number of aromatic nitrogens is 2. The van der Waals surface area contributed by atoms with Gasteiger partial charge in [0.05, 0.1) is 10.6 Å². The quantitative estimate of drug-likeness (QED) is 0.636. The number of thiophene rings is 1. The first kappa shape index (κ1) is 21.5. The third kappa shape index (κ3) is 4.08. The largest absolute Gasteiger partial charge is 0.360 e. The van der Waals surface area contributed by atoms with E-state index in [-0.39, 0.29) is 35.9 Å². The molecule has 3 aromatic rings. The molecule has 1 aliphatic rings. The molecule has 4 heterocycles. The molecule has 1 saturated heterocycles. The highest BCUT2D eigenvalue weighted by molar-refractivity contribution is 7.89. The van der Waals surface area contributed by atoms with Gasteiger partial charge in [0, 0.05) is 26.2 Å². The van der Waals surface area contributed by atoms with Crippen molar-refractivity contribution in [1.82, 2.24) is 19.3 Å². The lowest BCUT2D eigenvalue weighted by Gasteiger charge is -2.21. The van der Waals surface area contributed by atoms with Gasteiger partial charge in [-0.1, -0.05) is 11.2 Å².